The van der Waals surface area contributed by atoms with Crippen molar-refractivity contribution < 1.29 is 19.1 Å². The number of para-hydroxylation sites is 2. The molecule has 0 atom stereocenters. The first-order chi connectivity index (χ1) is 17.3. The number of fused-ring (bicyclic) bond motifs is 1. The minimum atomic E-state index is -0.350. The third-order valence-corrected chi connectivity index (χ3v) is 6.35. The Morgan fingerprint density at radius 1 is 1.11 bits per heavy atom. The third-order valence-electron chi connectivity index (χ3n) is 5.62. The Balaban J connectivity index is 1.68. The lowest BCUT2D eigenvalue weighted by Crippen LogP contribution is -2.45. The number of amides is 3. The van der Waals surface area contributed by atoms with Crippen LogP contribution in [0.1, 0.15) is 5.56 Å². The molecule has 1 aromatic heterocycles. The van der Waals surface area contributed by atoms with Crippen LogP contribution in [0.3, 0.4) is 0 Å². The van der Waals surface area contributed by atoms with Gasteiger partial charge in [0.2, 0.25) is 5.91 Å². The highest BCUT2D eigenvalue weighted by Gasteiger charge is 2.34. The molecule has 186 valence electrons. The number of nitrogens with one attached hydrogen (secondary N) is 2. The van der Waals surface area contributed by atoms with Crippen molar-refractivity contribution in [2.75, 3.05) is 41.7 Å². The van der Waals surface area contributed by atoms with Crippen molar-refractivity contribution in [2.24, 2.45) is 0 Å². The van der Waals surface area contributed by atoms with E-state index in [-0.39, 0.29) is 34.2 Å². The zero-order chi connectivity index (χ0) is 26.0. The van der Waals surface area contributed by atoms with E-state index in [2.05, 4.69) is 22.2 Å². The minimum Gasteiger partial charge on any atom is -0.495 e. The summed E-state index contributed by atoms with van der Waals surface area (Å²) in [5.41, 5.74) is 2.90. The van der Waals surface area contributed by atoms with Gasteiger partial charge < -0.3 is 20.1 Å². The fourth-order valence-corrected chi connectivity index (χ4v) is 4.51. The van der Waals surface area contributed by atoms with E-state index in [0.29, 0.717) is 34.4 Å². The van der Waals surface area contributed by atoms with Crippen molar-refractivity contribution >= 4 is 63.7 Å². The van der Waals surface area contributed by atoms with E-state index in [1.807, 2.05) is 6.07 Å². The number of benzene rings is 2. The summed E-state index contributed by atoms with van der Waals surface area (Å²) in [7, 11) is 4.59. The smallest absolute Gasteiger partial charge is 0.329 e. The number of halogens is 2. The van der Waals surface area contributed by atoms with Gasteiger partial charge in [-0.1, -0.05) is 41.9 Å². The molecule has 2 heterocycles. The lowest BCUT2D eigenvalue weighted by molar-refractivity contribution is -0.111. The van der Waals surface area contributed by atoms with E-state index < -0.39 is 0 Å². The molecule has 9 nitrogen and oxygen atoms in total. The van der Waals surface area contributed by atoms with Crippen LogP contribution in [0.4, 0.5) is 33.4 Å². The van der Waals surface area contributed by atoms with Crippen LogP contribution in [-0.4, -0.2) is 38.2 Å². The van der Waals surface area contributed by atoms with Crippen LogP contribution in [0.15, 0.2) is 55.3 Å². The Hall–Kier alpha value is -3.95. The van der Waals surface area contributed by atoms with E-state index in [9.17, 15) is 9.59 Å². The van der Waals surface area contributed by atoms with Crippen LogP contribution in [0.25, 0.3) is 0 Å². The molecule has 11 heteroatoms. The molecule has 3 amide bonds. The van der Waals surface area contributed by atoms with E-state index in [4.69, 9.17) is 32.7 Å². The van der Waals surface area contributed by atoms with Gasteiger partial charge >= 0.3 is 6.03 Å². The van der Waals surface area contributed by atoms with Gasteiger partial charge in [0.15, 0.2) is 0 Å². The number of hydrogen-bond donors (Lipinski definition) is 2. The number of ether oxygens (including phenoxy) is 2. The Morgan fingerprint density at radius 3 is 2.36 bits per heavy atom. The van der Waals surface area contributed by atoms with Gasteiger partial charge in [0, 0.05) is 30.9 Å². The van der Waals surface area contributed by atoms with Gasteiger partial charge in [0.05, 0.1) is 43.5 Å². The summed E-state index contributed by atoms with van der Waals surface area (Å²) in [6.07, 6.45) is 2.86. The number of rotatable bonds is 7. The van der Waals surface area contributed by atoms with E-state index in [0.717, 1.165) is 5.56 Å². The maximum absolute atomic E-state index is 13.4. The summed E-state index contributed by atoms with van der Waals surface area (Å²) in [6, 6.07) is 10.2. The van der Waals surface area contributed by atoms with Crippen LogP contribution in [0.5, 0.6) is 11.5 Å². The van der Waals surface area contributed by atoms with Crippen LogP contribution in [-0.2, 0) is 11.3 Å². The number of nitrogens with zero attached hydrogens (tertiary/aromatic N) is 3. The molecule has 4 rings (SSSR count). The molecule has 2 N–H and O–H groups in total. The van der Waals surface area contributed by atoms with Crippen molar-refractivity contribution in [2.45, 2.75) is 6.54 Å². The van der Waals surface area contributed by atoms with Gasteiger partial charge in [0.1, 0.15) is 27.4 Å². The lowest BCUT2D eigenvalue weighted by Gasteiger charge is -2.36. The summed E-state index contributed by atoms with van der Waals surface area (Å²) in [5, 5.41) is 6.32. The molecular formula is C25H23Cl2N5O4. The lowest BCUT2D eigenvalue weighted by atomic mass is 10.1. The van der Waals surface area contributed by atoms with Crippen LogP contribution >= 0.6 is 23.2 Å². The summed E-state index contributed by atoms with van der Waals surface area (Å²) >= 11 is 13.1. The highest BCUT2D eigenvalue weighted by molar-refractivity contribution is 6.42. The first-order valence-corrected chi connectivity index (χ1v) is 11.5. The number of anilines is 5. The number of carbonyl (C=O) groups is 2. The van der Waals surface area contributed by atoms with E-state index in [1.165, 1.54) is 30.1 Å². The molecular weight excluding hydrogens is 505 g/mol. The van der Waals surface area contributed by atoms with Crippen molar-refractivity contribution in [3.8, 4) is 11.5 Å². The molecule has 1 aliphatic rings. The maximum atomic E-state index is 13.4. The molecule has 1 aliphatic heterocycles. The SMILES string of the molecule is C=CC(=O)Nc1ccccc1Nc1cc2c(cn1)CN(c1c(Cl)c(OC)cc(OC)c1Cl)C(=O)N2C. The van der Waals surface area contributed by atoms with Gasteiger partial charge in [-0.2, -0.15) is 0 Å². The number of pyridine rings is 1. The second kappa shape index (κ2) is 10.3. The van der Waals surface area contributed by atoms with Crippen molar-refractivity contribution in [3.05, 3.63) is 70.9 Å². The van der Waals surface area contributed by atoms with Gasteiger partial charge in [-0.3, -0.25) is 14.6 Å². The predicted molar refractivity (Wildman–Crippen MR) is 142 cm³/mol. The number of aromatic nitrogens is 1. The van der Waals surface area contributed by atoms with Crippen LogP contribution in [0.2, 0.25) is 10.0 Å². The molecule has 0 saturated carbocycles. The highest BCUT2D eigenvalue weighted by Crippen LogP contribution is 2.48. The molecule has 0 radical (unpaired) electrons. The second-order valence-corrected chi connectivity index (χ2v) is 8.50. The third kappa shape index (κ3) is 4.62. The molecule has 0 spiro atoms. The topological polar surface area (TPSA) is 96.0 Å². The number of carbonyl (C=O) groups excluding carboxylic acids is 2. The molecule has 0 fully saturated rings. The van der Waals surface area contributed by atoms with Crippen molar-refractivity contribution in [1.29, 1.82) is 0 Å². The summed E-state index contributed by atoms with van der Waals surface area (Å²) in [5.74, 6) is 0.809. The summed E-state index contributed by atoms with van der Waals surface area (Å²) in [6.45, 7) is 3.65. The number of urea groups is 1. The van der Waals surface area contributed by atoms with Crippen LogP contribution < -0.4 is 29.9 Å². The molecule has 0 aliphatic carbocycles. The van der Waals surface area contributed by atoms with Gasteiger partial charge in [0.25, 0.3) is 0 Å². The monoisotopic (exact) mass is 527 g/mol. The first kappa shape index (κ1) is 25.2. The maximum Gasteiger partial charge on any atom is 0.329 e. The summed E-state index contributed by atoms with van der Waals surface area (Å²) < 4.78 is 10.7. The van der Waals surface area contributed by atoms with Gasteiger partial charge in [-0.05, 0) is 18.2 Å². The zero-order valence-corrected chi connectivity index (χ0v) is 21.3. The van der Waals surface area contributed by atoms with E-state index >= 15 is 0 Å². The molecule has 2 aromatic carbocycles. The Labute approximate surface area is 218 Å². The Kier molecular flexibility index (Phi) is 7.23. The van der Waals surface area contributed by atoms with Crippen molar-refractivity contribution in [1.82, 2.24) is 4.98 Å². The largest absolute Gasteiger partial charge is 0.495 e. The Morgan fingerprint density at radius 2 is 1.75 bits per heavy atom. The van der Waals surface area contributed by atoms with Gasteiger partial charge in [-0.15, -0.1) is 0 Å². The molecule has 0 bridgehead atoms. The van der Waals surface area contributed by atoms with Gasteiger partial charge in [-0.25, -0.2) is 9.78 Å². The summed E-state index contributed by atoms with van der Waals surface area (Å²) in [4.78, 5) is 32.6. The average Bonchev–Trinajstić information content (AvgIpc) is 2.88. The molecule has 0 unspecified atom stereocenters. The number of hydrogen-bond acceptors (Lipinski definition) is 6. The molecule has 0 saturated heterocycles. The molecule has 36 heavy (non-hydrogen) atoms. The number of methoxy groups -OCH3 is 2. The zero-order valence-electron chi connectivity index (χ0n) is 19.8. The fraction of sp³-hybridized carbons (Fsp3) is 0.160. The molecule has 3 aromatic rings. The average molecular weight is 528 g/mol. The normalized spacial score (nSPS) is 12.6. The highest BCUT2D eigenvalue weighted by atomic mass is 35.5. The van der Waals surface area contributed by atoms with E-state index in [1.54, 1.807) is 43.6 Å². The van der Waals surface area contributed by atoms with Crippen LogP contribution in [0, 0.1) is 0 Å². The second-order valence-electron chi connectivity index (χ2n) is 7.75. The predicted octanol–water partition coefficient (Wildman–Crippen LogP) is 5.85. The first-order valence-electron chi connectivity index (χ1n) is 10.7. The quantitative estimate of drug-likeness (QED) is 0.374. The Bertz CT molecular complexity index is 1340. The standard InChI is InChI=1S/C25H23Cl2N5O4/c1-5-21(33)30-16-9-7-6-8-15(16)29-20-10-17-14(12-28-20)13-32(25(34)31(17)2)24-22(26)18(35-3)11-19(36-4)23(24)27/h5-12H,1,13H2,2-4H3,(H,28,29)(H,30,33). The fourth-order valence-electron chi connectivity index (χ4n) is 3.80. The minimum absolute atomic E-state index is 0.174. The van der Waals surface area contributed by atoms with Crippen molar-refractivity contribution in [3.63, 3.8) is 0 Å².